The number of aromatic nitrogens is 3. The van der Waals surface area contributed by atoms with Gasteiger partial charge in [-0.15, -0.1) is 0 Å². The van der Waals surface area contributed by atoms with Crippen LogP contribution in [-0.4, -0.2) is 26.5 Å². The number of aromatic amines is 1. The van der Waals surface area contributed by atoms with Gasteiger partial charge in [0.1, 0.15) is 5.82 Å². The van der Waals surface area contributed by atoms with Gasteiger partial charge in [0.2, 0.25) is 0 Å². The highest BCUT2D eigenvalue weighted by Gasteiger charge is 2.41. The van der Waals surface area contributed by atoms with Gasteiger partial charge in [-0.2, -0.15) is 0 Å². The number of carbonyl (C=O) groups is 2. The van der Waals surface area contributed by atoms with Crippen molar-refractivity contribution in [2.45, 2.75) is 53.4 Å². The van der Waals surface area contributed by atoms with Crippen molar-refractivity contribution < 1.29 is 9.59 Å². The Morgan fingerprint density at radius 1 is 0.840 bits per heavy atom. The zero-order valence-corrected chi connectivity index (χ0v) is 15.2. The number of Topliss-reactive ketones (excluding diaryl/α,β-unsaturated/α-hetero) is 2. The fourth-order valence-electron chi connectivity index (χ4n) is 4.26. The zero-order valence-electron chi connectivity index (χ0n) is 15.2. The maximum Gasteiger partial charge on any atom is 0.166 e. The second kappa shape index (κ2) is 5.10. The number of ketones is 2. The highest BCUT2D eigenvalue weighted by atomic mass is 16.1. The average molecular weight is 337 g/mol. The Hall–Kier alpha value is -2.30. The summed E-state index contributed by atoms with van der Waals surface area (Å²) >= 11 is 0. The quantitative estimate of drug-likeness (QED) is 0.859. The van der Waals surface area contributed by atoms with Crippen molar-refractivity contribution in [3.05, 3.63) is 34.9 Å². The first kappa shape index (κ1) is 16.2. The normalized spacial score (nSPS) is 21.0. The number of pyridine rings is 1. The second-order valence-corrected chi connectivity index (χ2v) is 8.95. The van der Waals surface area contributed by atoms with Crippen LogP contribution >= 0.6 is 0 Å². The van der Waals surface area contributed by atoms with E-state index in [0.717, 1.165) is 24.2 Å². The number of hydrogen-bond acceptors (Lipinski definition) is 4. The van der Waals surface area contributed by atoms with Crippen LogP contribution in [0.4, 0.5) is 0 Å². The summed E-state index contributed by atoms with van der Waals surface area (Å²) < 4.78 is 0. The van der Waals surface area contributed by atoms with Crippen LogP contribution in [0.15, 0.2) is 12.4 Å². The average Bonchev–Trinajstić information content (AvgIpc) is 2.95. The highest BCUT2D eigenvalue weighted by Crippen LogP contribution is 2.43. The molecule has 0 atom stereocenters. The van der Waals surface area contributed by atoms with E-state index >= 15 is 0 Å². The molecule has 0 aliphatic heterocycles. The number of nitrogens with zero attached hydrogens (tertiary/aromatic N) is 2. The molecule has 2 heterocycles. The summed E-state index contributed by atoms with van der Waals surface area (Å²) in [5, 5.41) is 0. The summed E-state index contributed by atoms with van der Waals surface area (Å²) in [6.45, 7) is 8.38. The predicted molar refractivity (Wildman–Crippen MR) is 94.7 cm³/mol. The Labute approximate surface area is 147 Å². The monoisotopic (exact) mass is 337 g/mol. The number of H-pyrrole nitrogens is 1. The molecule has 0 saturated carbocycles. The van der Waals surface area contributed by atoms with E-state index in [-0.39, 0.29) is 22.4 Å². The first-order valence-electron chi connectivity index (χ1n) is 8.79. The van der Waals surface area contributed by atoms with Crippen LogP contribution in [-0.2, 0) is 12.8 Å². The summed E-state index contributed by atoms with van der Waals surface area (Å²) in [7, 11) is 0. The van der Waals surface area contributed by atoms with Crippen LogP contribution < -0.4 is 0 Å². The minimum atomic E-state index is -0.111. The number of fused-ring (bicyclic) bond motifs is 2. The number of carbonyl (C=O) groups excluding carboxylic acids is 2. The van der Waals surface area contributed by atoms with Crippen molar-refractivity contribution in [2.75, 3.05) is 0 Å². The molecule has 2 aliphatic rings. The lowest BCUT2D eigenvalue weighted by Gasteiger charge is -2.35. The molecule has 0 fully saturated rings. The molecule has 5 nitrogen and oxygen atoms in total. The van der Waals surface area contributed by atoms with Crippen LogP contribution in [0.5, 0.6) is 0 Å². The molecule has 2 aromatic rings. The van der Waals surface area contributed by atoms with Gasteiger partial charge < -0.3 is 4.98 Å². The fraction of sp³-hybridized carbons (Fsp3) is 0.500. The SMILES string of the molecule is CC1(C)CC(=O)c2c(nc3c(c2-c2ncc[nH]2)C(=O)CC(C)(C)C3)C1. The molecule has 130 valence electrons. The molecule has 0 aromatic carbocycles. The molecular weight excluding hydrogens is 314 g/mol. The molecule has 2 aliphatic carbocycles. The van der Waals surface area contributed by atoms with Gasteiger partial charge in [0, 0.05) is 30.8 Å². The summed E-state index contributed by atoms with van der Waals surface area (Å²) in [6, 6.07) is 0. The van der Waals surface area contributed by atoms with Gasteiger partial charge in [-0.3, -0.25) is 14.6 Å². The molecule has 4 rings (SSSR count). The second-order valence-electron chi connectivity index (χ2n) is 8.95. The third-order valence-corrected chi connectivity index (χ3v) is 5.21. The molecule has 25 heavy (non-hydrogen) atoms. The summed E-state index contributed by atoms with van der Waals surface area (Å²) in [5.74, 6) is 0.715. The largest absolute Gasteiger partial charge is 0.345 e. The van der Waals surface area contributed by atoms with E-state index in [1.807, 2.05) is 0 Å². The molecular formula is C20H23N3O2. The van der Waals surface area contributed by atoms with Crippen LogP contribution in [0, 0.1) is 10.8 Å². The van der Waals surface area contributed by atoms with Crippen LogP contribution in [0.1, 0.15) is 72.6 Å². The van der Waals surface area contributed by atoms with E-state index in [2.05, 4.69) is 37.7 Å². The van der Waals surface area contributed by atoms with Gasteiger partial charge >= 0.3 is 0 Å². The summed E-state index contributed by atoms with van der Waals surface area (Å²) in [4.78, 5) is 38.2. The van der Waals surface area contributed by atoms with E-state index in [9.17, 15) is 9.59 Å². The van der Waals surface area contributed by atoms with E-state index < -0.39 is 0 Å². The van der Waals surface area contributed by atoms with Crippen molar-refractivity contribution in [1.29, 1.82) is 0 Å². The Bertz CT molecular complexity index is 838. The van der Waals surface area contributed by atoms with Gasteiger partial charge in [-0.1, -0.05) is 27.7 Å². The molecule has 1 N–H and O–H groups in total. The van der Waals surface area contributed by atoms with Gasteiger partial charge in [0.05, 0.1) is 22.5 Å². The minimum absolute atomic E-state index is 0.0607. The van der Waals surface area contributed by atoms with Crippen LogP contribution in [0.25, 0.3) is 11.4 Å². The van der Waals surface area contributed by atoms with Gasteiger partial charge in [0.25, 0.3) is 0 Å². The molecule has 0 amide bonds. The van der Waals surface area contributed by atoms with Crippen molar-refractivity contribution in [2.24, 2.45) is 10.8 Å². The fourth-order valence-corrected chi connectivity index (χ4v) is 4.26. The standard InChI is InChI=1S/C20H23N3O2/c1-19(2)7-11-15(13(24)9-19)17(18-21-5-6-22-18)16-12(23-11)8-20(3,4)10-14(16)25/h5-6H,7-10H2,1-4H3,(H,21,22). The third kappa shape index (κ3) is 2.62. The number of nitrogens with one attached hydrogen (secondary N) is 1. The van der Waals surface area contributed by atoms with Gasteiger partial charge in [-0.25, -0.2) is 4.98 Å². The first-order valence-corrected chi connectivity index (χ1v) is 8.79. The van der Waals surface area contributed by atoms with E-state index in [4.69, 9.17) is 4.98 Å². The van der Waals surface area contributed by atoms with Crippen molar-refractivity contribution in [1.82, 2.24) is 15.0 Å². The summed E-state index contributed by atoms with van der Waals surface area (Å²) in [5.41, 5.74) is 3.28. The van der Waals surface area contributed by atoms with Crippen molar-refractivity contribution in [3.8, 4) is 11.4 Å². The smallest absolute Gasteiger partial charge is 0.166 e. The predicted octanol–water partition coefficient (Wildman–Crippen LogP) is 3.78. The maximum absolute atomic E-state index is 12.9. The topological polar surface area (TPSA) is 75.7 Å². The van der Waals surface area contributed by atoms with E-state index in [0.29, 0.717) is 35.4 Å². The lowest BCUT2D eigenvalue weighted by molar-refractivity contribution is 0.0907. The Morgan fingerprint density at radius 3 is 1.80 bits per heavy atom. The molecule has 5 heteroatoms. The lowest BCUT2D eigenvalue weighted by atomic mass is 9.70. The third-order valence-electron chi connectivity index (χ3n) is 5.21. The van der Waals surface area contributed by atoms with Gasteiger partial charge in [0.15, 0.2) is 11.6 Å². The van der Waals surface area contributed by atoms with Crippen LogP contribution in [0.2, 0.25) is 0 Å². The lowest BCUT2D eigenvalue weighted by Crippen LogP contribution is -2.34. The number of hydrogen-bond donors (Lipinski definition) is 1. The molecule has 0 radical (unpaired) electrons. The number of imidazole rings is 1. The van der Waals surface area contributed by atoms with Crippen molar-refractivity contribution >= 4 is 11.6 Å². The molecule has 0 spiro atoms. The van der Waals surface area contributed by atoms with E-state index in [1.54, 1.807) is 12.4 Å². The van der Waals surface area contributed by atoms with Gasteiger partial charge in [-0.05, 0) is 23.7 Å². The molecule has 0 bridgehead atoms. The highest BCUT2D eigenvalue weighted by molar-refractivity contribution is 6.12. The minimum Gasteiger partial charge on any atom is -0.345 e. The summed E-state index contributed by atoms with van der Waals surface area (Å²) in [6.07, 6.45) is 5.79. The number of rotatable bonds is 1. The van der Waals surface area contributed by atoms with Crippen LogP contribution in [0.3, 0.4) is 0 Å². The molecule has 0 saturated heterocycles. The Balaban J connectivity index is 2.05. The van der Waals surface area contributed by atoms with Crippen molar-refractivity contribution in [3.63, 3.8) is 0 Å². The Kier molecular flexibility index (Phi) is 3.30. The molecule has 0 unspecified atom stereocenters. The molecule has 2 aromatic heterocycles. The zero-order chi connectivity index (χ0) is 18.0. The van der Waals surface area contributed by atoms with E-state index in [1.165, 1.54) is 0 Å². The Morgan fingerprint density at radius 2 is 1.36 bits per heavy atom. The maximum atomic E-state index is 12.9. The first-order chi connectivity index (χ1) is 11.7.